The van der Waals surface area contributed by atoms with Crippen molar-refractivity contribution in [3.8, 4) is 11.8 Å². The molecule has 0 aliphatic rings. The number of rotatable bonds is 8. The number of ether oxygens (including phenoxy) is 1. The van der Waals surface area contributed by atoms with Crippen molar-refractivity contribution in [1.29, 1.82) is 5.26 Å². The highest BCUT2D eigenvalue weighted by atomic mass is 32.1. The van der Waals surface area contributed by atoms with E-state index in [2.05, 4.69) is 22.3 Å². The molecule has 0 aliphatic heterocycles. The number of benzene rings is 2. The molecule has 0 saturated heterocycles. The summed E-state index contributed by atoms with van der Waals surface area (Å²) in [6, 6.07) is 21.4. The Morgan fingerprint density at radius 3 is 2.65 bits per heavy atom. The van der Waals surface area contributed by atoms with Crippen molar-refractivity contribution >= 4 is 22.0 Å². The van der Waals surface area contributed by atoms with Gasteiger partial charge in [0.05, 0.1) is 12.7 Å². The molecule has 4 N–H and O–H groups in total. The minimum Gasteiger partial charge on any atom is -0.497 e. The van der Waals surface area contributed by atoms with Gasteiger partial charge >= 0.3 is 0 Å². The number of nitrogens with two attached hydrogens (primary N) is 1. The van der Waals surface area contributed by atoms with Crippen LogP contribution >= 0.6 is 11.3 Å². The van der Waals surface area contributed by atoms with Crippen LogP contribution in [-0.2, 0) is 13.0 Å². The maximum absolute atomic E-state index is 9.44. The molecule has 6 nitrogen and oxygen atoms in total. The van der Waals surface area contributed by atoms with Crippen LogP contribution in [0.5, 0.6) is 5.75 Å². The van der Waals surface area contributed by atoms with E-state index >= 15 is 0 Å². The summed E-state index contributed by atoms with van der Waals surface area (Å²) < 4.78 is 5.25. The number of thiophene rings is 1. The molecule has 7 heteroatoms. The van der Waals surface area contributed by atoms with E-state index in [9.17, 15) is 10.5 Å². The van der Waals surface area contributed by atoms with E-state index in [0.717, 1.165) is 26.8 Å². The monoisotopic (exact) mass is 434 g/mol. The first-order chi connectivity index (χ1) is 15.2. The first-order valence-electron chi connectivity index (χ1n) is 9.65. The summed E-state index contributed by atoms with van der Waals surface area (Å²) in [5.41, 5.74) is 7.55. The number of nitrogens with zero attached hydrogens (tertiary/aromatic N) is 2. The van der Waals surface area contributed by atoms with Crippen LogP contribution < -0.4 is 15.8 Å². The van der Waals surface area contributed by atoms with Gasteiger partial charge in [0, 0.05) is 23.4 Å². The van der Waals surface area contributed by atoms with Crippen LogP contribution in [0.4, 0.5) is 5.00 Å². The van der Waals surface area contributed by atoms with Crippen molar-refractivity contribution in [3.63, 3.8) is 0 Å². The lowest BCUT2D eigenvalue weighted by Gasteiger charge is -2.06. The number of anilines is 1. The zero-order valence-corrected chi connectivity index (χ0v) is 18.4. The second-order valence-electron chi connectivity index (χ2n) is 6.23. The second-order valence-corrected chi connectivity index (χ2v) is 7.37. The fourth-order valence-electron chi connectivity index (χ4n) is 2.80. The molecule has 1 aromatic heterocycles. The molecule has 1 heterocycles. The Kier molecular flexibility index (Phi) is 9.82. The molecule has 0 bridgehead atoms. The SMILES string of the molecule is CN.COc1cccc(CNc2sc(C/C=C/C(=N\O)c3ccccc3)cc2C#N)c1. The van der Waals surface area contributed by atoms with E-state index < -0.39 is 0 Å². The molecule has 0 spiro atoms. The Labute approximate surface area is 186 Å². The third kappa shape index (κ3) is 7.00. The van der Waals surface area contributed by atoms with E-state index in [1.807, 2.05) is 66.7 Å². The maximum atomic E-state index is 9.44. The Balaban J connectivity index is 0.00000166. The lowest BCUT2D eigenvalue weighted by molar-refractivity contribution is 0.320. The number of nitriles is 1. The van der Waals surface area contributed by atoms with E-state index in [1.54, 1.807) is 24.5 Å². The normalized spacial score (nSPS) is 10.8. The van der Waals surface area contributed by atoms with Crippen LogP contribution in [0.15, 0.2) is 78.0 Å². The molecule has 160 valence electrons. The fourth-order valence-corrected chi connectivity index (χ4v) is 3.78. The lowest BCUT2D eigenvalue weighted by atomic mass is 10.1. The summed E-state index contributed by atoms with van der Waals surface area (Å²) in [5.74, 6) is 0.807. The standard InChI is InChI=1S/C23H21N3O2S.CH5N/c1-28-20-10-5-7-17(13-20)16-25-23-19(15-24)14-21(29-23)11-6-12-22(26-27)18-8-3-2-4-9-18;1-2/h2-10,12-14,25,27H,11,16H2,1H3;2H2,1H3/b12-6+,26-22+;. The highest BCUT2D eigenvalue weighted by Crippen LogP contribution is 2.29. The Hall–Kier alpha value is -3.60. The van der Waals surface area contributed by atoms with Crippen LogP contribution in [0.2, 0.25) is 0 Å². The molecule has 31 heavy (non-hydrogen) atoms. The fraction of sp³-hybridized carbons (Fsp3) is 0.167. The Morgan fingerprint density at radius 1 is 1.19 bits per heavy atom. The predicted octanol–water partition coefficient (Wildman–Crippen LogP) is 4.79. The molecule has 2 aromatic carbocycles. The summed E-state index contributed by atoms with van der Waals surface area (Å²) in [7, 11) is 3.14. The predicted molar refractivity (Wildman–Crippen MR) is 127 cm³/mol. The number of nitrogens with one attached hydrogen (secondary N) is 1. The average Bonchev–Trinajstić information content (AvgIpc) is 3.24. The van der Waals surface area contributed by atoms with Gasteiger partial charge < -0.3 is 21.0 Å². The van der Waals surface area contributed by atoms with Gasteiger partial charge in [0.25, 0.3) is 0 Å². The molecule has 0 fully saturated rings. The minimum absolute atomic E-state index is 0.499. The maximum Gasteiger partial charge on any atom is 0.119 e. The summed E-state index contributed by atoms with van der Waals surface area (Å²) in [4.78, 5) is 1.05. The smallest absolute Gasteiger partial charge is 0.119 e. The van der Waals surface area contributed by atoms with Gasteiger partial charge in [-0.3, -0.25) is 0 Å². The highest BCUT2D eigenvalue weighted by Gasteiger charge is 2.08. The van der Waals surface area contributed by atoms with Crippen molar-refractivity contribution in [3.05, 3.63) is 94.4 Å². The molecular formula is C24H26N4O2S. The van der Waals surface area contributed by atoms with Crippen molar-refractivity contribution in [2.24, 2.45) is 10.9 Å². The minimum atomic E-state index is 0.499. The Morgan fingerprint density at radius 2 is 1.97 bits per heavy atom. The van der Waals surface area contributed by atoms with Gasteiger partial charge in [0.1, 0.15) is 22.5 Å². The van der Waals surface area contributed by atoms with E-state index in [0.29, 0.717) is 24.2 Å². The number of hydrogen-bond acceptors (Lipinski definition) is 7. The molecule has 0 amide bonds. The molecule has 0 saturated carbocycles. The molecule has 0 unspecified atom stereocenters. The summed E-state index contributed by atoms with van der Waals surface area (Å²) in [6.07, 6.45) is 4.36. The first-order valence-corrected chi connectivity index (χ1v) is 10.5. The van der Waals surface area contributed by atoms with E-state index in [-0.39, 0.29) is 0 Å². The summed E-state index contributed by atoms with van der Waals surface area (Å²) in [6.45, 7) is 0.608. The van der Waals surface area contributed by atoms with Crippen LogP contribution in [0.1, 0.15) is 21.6 Å². The molecule has 0 aliphatic carbocycles. The molecule has 3 rings (SSSR count). The van der Waals surface area contributed by atoms with Gasteiger partial charge in [0.2, 0.25) is 0 Å². The van der Waals surface area contributed by atoms with Gasteiger partial charge in [-0.1, -0.05) is 53.7 Å². The summed E-state index contributed by atoms with van der Waals surface area (Å²) in [5, 5.41) is 26.2. The third-order valence-electron chi connectivity index (χ3n) is 4.26. The van der Waals surface area contributed by atoms with Crippen molar-refractivity contribution in [2.75, 3.05) is 19.5 Å². The second kappa shape index (κ2) is 12.9. The highest BCUT2D eigenvalue weighted by molar-refractivity contribution is 7.16. The zero-order valence-electron chi connectivity index (χ0n) is 17.6. The number of allylic oxidation sites excluding steroid dienone is 2. The van der Waals surface area contributed by atoms with Gasteiger partial charge in [-0.25, -0.2) is 0 Å². The van der Waals surface area contributed by atoms with Crippen LogP contribution in [-0.4, -0.2) is 25.1 Å². The molecular weight excluding hydrogens is 408 g/mol. The molecule has 0 radical (unpaired) electrons. The van der Waals surface area contributed by atoms with Gasteiger partial charge in [-0.05, 0) is 36.9 Å². The van der Waals surface area contributed by atoms with Crippen molar-refractivity contribution in [1.82, 2.24) is 0 Å². The average molecular weight is 435 g/mol. The number of oxime groups is 1. The van der Waals surface area contributed by atoms with Crippen LogP contribution in [0, 0.1) is 11.3 Å². The van der Waals surface area contributed by atoms with Crippen molar-refractivity contribution < 1.29 is 9.94 Å². The van der Waals surface area contributed by atoms with Crippen LogP contribution in [0.25, 0.3) is 0 Å². The number of methoxy groups -OCH3 is 1. The number of hydrogen-bond donors (Lipinski definition) is 3. The van der Waals surface area contributed by atoms with Gasteiger partial charge in [-0.2, -0.15) is 5.26 Å². The molecule has 0 atom stereocenters. The first kappa shape index (κ1) is 23.7. The van der Waals surface area contributed by atoms with E-state index in [1.165, 1.54) is 7.05 Å². The topological polar surface area (TPSA) is 104 Å². The van der Waals surface area contributed by atoms with Gasteiger partial charge in [-0.15, -0.1) is 11.3 Å². The Bertz CT molecular complexity index is 1050. The van der Waals surface area contributed by atoms with Gasteiger partial charge in [0.15, 0.2) is 0 Å². The lowest BCUT2D eigenvalue weighted by Crippen LogP contribution is -1.99. The van der Waals surface area contributed by atoms with Crippen LogP contribution in [0.3, 0.4) is 0 Å². The largest absolute Gasteiger partial charge is 0.497 e. The summed E-state index contributed by atoms with van der Waals surface area (Å²) >= 11 is 1.55. The third-order valence-corrected chi connectivity index (χ3v) is 5.38. The quantitative estimate of drug-likeness (QED) is 0.269. The molecule has 3 aromatic rings. The van der Waals surface area contributed by atoms with Crippen molar-refractivity contribution in [2.45, 2.75) is 13.0 Å². The zero-order chi connectivity index (χ0) is 22.5. The van der Waals surface area contributed by atoms with E-state index in [4.69, 9.17) is 4.74 Å².